The Labute approximate surface area is 105 Å². The molecule has 98 valence electrons. The quantitative estimate of drug-likeness (QED) is 0.758. The molecule has 3 atom stereocenters. The monoisotopic (exact) mass is 238 g/mol. The van der Waals surface area contributed by atoms with Gasteiger partial charge in [0, 0.05) is 24.5 Å². The number of nitrogens with one attached hydrogen (secondary N) is 1. The molecular formula is C14H26N2O. The molecule has 2 aliphatic heterocycles. The molecule has 1 amide bonds. The summed E-state index contributed by atoms with van der Waals surface area (Å²) < 4.78 is 0. The van der Waals surface area contributed by atoms with Gasteiger partial charge in [-0.2, -0.15) is 0 Å². The van der Waals surface area contributed by atoms with Gasteiger partial charge in [-0.1, -0.05) is 27.7 Å². The van der Waals surface area contributed by atoms with Crippen LogP contribution >= 0.6 is 0 Å². The van der Waals surface area contributed by atoms with Gasteiger partial charge in [0.05, 0.1) is 0 Å². The number of fused-ring (bicyclic) bond motifs is 1. The zero-order valence-corrected chi connectivity index (χ0v) is 11.6. The number of carbonyl (C=O) groups is 1. The summed E-state index contributed by atoms with van der Waals surface area (Å²) >= 11 is 0. The molecule has 17 heavy (non-hydrogen) atoms. The lowest BCUT2D eigenvalue weighted by Gasteiger charge is -2.36. The van der Waals surface area contributed by atoms with Gasteiger partial charge in [0.25, 0.3) is 0 Å². The van der Waals surface area contributed by atoms with E-state index in [0.717, 1.165) is 19.5 Å². The summed E-state index contributed by atoms with van der Waals surface area (Å²) in [4.78, 5) is 14.7. The Morgan fingerprint density at radius 2 is 2.06 bits per heavy atom. The molecule has 0 saturated carbocycles. The topological polar surface area (TPSA) is 32.3 Å². The number of piperidine rings is 1. The van der Waals surface area contributed by atoms with Gasteiger partial charge in [0.1, 0.15) is 0 Å². The summed E-state index contributed by atoms with van der Waals surface area (Å²) in [5, 5.41) is 3.55. The molecule has 0 aliphatic carbocycles. The maximum Gasteiger partial charge on any atom is 0.226 e. The fourth-order valence-corrected chi connectivity index (χ4v) is 2.94. The number of carbonyl (C=O) groups excluding carboxylic acids is 1. The van der Waals surface area contributed by atoms with Crippen molar-refractivity contribution in [2.24, 2.45) is 11.3 Å². The van der Waals surface area contributed by atoms with Gasteiger partial charge < -0.3 is 10.2 Å². The van der Waals surface area contributed by atoms with E-state index in [2.05, 4.69) is 37.9 Å². The highest BCUT2D eigenvalue weighted by molar-refractivity contribution is 5.80. The molecule has 2 aliphatic rings. The van der Waals surface area contributed by atoms with Crippen LogP contribution in [0.3, 0.4) is 0 Å². The number of hydrogen-bond donors (Lipinski definition) is 1. The number of amides is 1. The Hall–Kier alpha value is -0.570. The molecule has 1 N–H and O–H groups in total. The van der Waals surface area contributed by atoms with Gasteiger partial charge in [-0.25, -0.2) is 0 Å². The normalized spacial score (nSPS) is 31.2. The van der Waals surface area contributed by atoms with Crippen LogP contribution in [0.5, 0.6) is 0 Å². The first-order chi connectivity index (χ1) is 7.91. The molecule has 2 saturated heterocycles. The zero-order valence-electron chi connectivity index (χ0n) is 11.6. The number of hydrogen-bond acceptors (Lipinski definition) is 2. The predicted octanol–water partition coefficient (Wildman–Crippen LogP) is 2.02. The highest BCUT2D eigenvalue weighted by Crippen LogP contribution is 2.32. The van der Waals surface area contributed by atoms with E-state index >= 15 is 0 Å². The van der Waals surface area contributed by atoms with E-state index in [4.69, 9.17) is 0 Å². The molecule has 0 aromatic heterocycles. The molecule has 0 aromatic rings. The largest absolute Gasteiger partial charge is 0.338 e. The van der Waals surface area contributed by atoms with Crippen LogP contribution in [0.15, 0.2) is 0 Å². The number of likely N-dealkylation sites (tertiary alicyclic amines) is 1. The molecule has 0 radical (unpaired) electrons. The molecule has 3 unspecified atom stereocenters. The second-order valence-electron chi connectivity index (χ2n) is 6.68. The van der Waals surface area contributed by atoms with E-state index in [-0.39, 0.29) is 11.3 Å². The van der Waals surface area contributed by atoms with Gasteiger partial charge in [-0.3, -0.25) is 4.79 Å². The van der Waals surface area contributed by atoms with Crippen LogP contribution in [0.4, 0.5) is 0 Å². The molecule has 2 heterocycles. The van der Waals surface area contributed by atoms with Gasteiger partial charge >= 0.3 is 0 Å². The van der Waals surface area contributed by atoms with Gasteiger partial charge in [0.15, 0.2) is 0 Å². The summed E-state index contributed by atoms with van der Waals surface area (Å²) in [7, 11) is 0. The van der Waals surface area contributed by atoms with Gasteiger partial charge in [-0.05, 0) is 31.2 Å². The summed E-state index contributed by atoms with van der Waals surface area (Å²) in [6.07, 6.45) is 3.52. The Balaban J connectivity index is 2.05. The Kier molecular flexibility index (Phi) is 3.48. The Morgan fingerprint density at radius 3 is 2.71 bits per heavy atom. The third kappa shape index (κ3) is 2.49. The van der Waals surface area contributed by atoms with Crippen LogP contribution in [0.25, 0.3) is 0 Å². The van der Waals surface area contributed by atoms with Crippen molar-refractivity contribution in [2.75, 3.05) is 13.1 Å². The standard InChI is InChI=1S/C14H26N2O/c1-10(14(2,3)4)13(17)16-9-7-11-12(16)6-5-8-15-11/h10-12,15H,5-9H2,1-4H3. The average Bonchev–Trinajstić information content (AvgIpc) is 2.69. The van der Waals surface area contributed by atoms with Crippen LogP contribution in [-0.4, -0.2) is 36.0 Å². The van der Waals surface area contributed by atoms with E-state index in [0.29, 0.717) is 18.0 Å². The molecule has 2 rings (SSSR count). The van der Waals surface area contributed by atoms with Crippen LogP contribution in [0.2, 0.25) is 0 Å². The van der Waals surface area contributed by atoms with Crippen LogP contribution in [0.1, 0.15) is 47.0 Å². The summed E-state index contributed by atoms with van der Waals surface area (Å²) in [5.41, 5.74) is 0.0667. The first-order valence-electron chi connectivity index (χ1n) is 6.95. The molecule has 3 heteroatoms. The van der Waals surface area contributed by atoms with Crippen LogP contribution in [0, 0.1) is 11.3 Å². The smallest absolute Gasteiger partial charge is 0.226 e. The Morgan fingerprint density at radius 1 is 1.35 bits per heavy atom. The molecule has 0 bridgehead atoms. The SMILES string of the molecule is CC(C(=O)N1CCC2NCCCC21)C(C)(C)C. The molecule has 0 spiro atoms. The minimum absolute atomic E-state index is 0.0667. The molecule has 3 nitrogen and oxygen atoms in total. The second kappa shape index (κ2) is 4.60. The maximum atomic E-state index is 12.5. The lowest BCUT2D eigenvalue weighted by atomic mass is 9.81. The van der Waals surface area contributed by atoms with Crippen molar-refractivity contribution in [2.45, 2.75) is 59.0 Å². The number of nitrogens with zero attached hydrogens (tertiary/aromatic N) is 1. The lowest BCUT2D eigenvalue weighted by molar-refractivity contribution is -0.139. The highest BCUT2D eigenvalue weighted by Gasteiger charge is 2.41. The minimum Gasteiger partial charge on any atom is -0.338 e. The van der Waals surface area contributed by atoms with Gasteiger partial charge in [-0.15, -0.1) is 0 Å². The summed E-state index contributed by atoms with van der Waals surface area (Å²) in [5.74, 6) is 0.469. The van der Waals surface area contributed by atoms with Gasteiger partial charge in [0.2, 0.25) is 5.91 Å². The highest BCUT2D eigenvalue weighted by atomic mass is 16.2. The Bertz CT molecular complexity index is 295. The first-order valence-corrected chi connectivity index (χ1v) is 6.95. The van der Waals surface area contributed by atoms with Crippen molar-refractivity contribution in [3.05, 3.63) is 0 Å². The van der Waals surface area contributed by atoms with E-state index in [1.54, 1.807) is 0 Å². The van der Waals surface area contributed by atoms with Crippen molar-refractivity contribution in [3.63, 3.8) is 0 Å². The summed E-state index contributed by atoms with van der Waals surface area (Å²) in [6.45, 7) is 10.6. The van der Waals surface area contributed by atoms with E-state index in [1.807, 2.05) is 0 Å². The second-order valence-corrected chi connectivity index (χ2v) is 6.68. The van der Waals surface area contributed by atoms with E-state index in [1.165, 1.54) is 12.8 Å². The van der Waals surface area contributed by atoms with Crippen molar-refractivity contribution in [1.29, 1.82) is 0 Å². The third-order valence-electron chi connectivity index (χ3n) is 4.58. The molecule has 0 aromatic carbocycles. The van der Waals surface area contributed by atoms with E-state index in [9.17, 15) is 4.79 Å². The van der Waals surface area contributed by atoms with Crippen molar-refractivity contribution in [3.8, 4) is 0 Å². The number of rotatable bonds is 1. The fourth-order valence-electron chi connectivity index (χ4n) is 2.94. The third-order valence-corrected chi connectivity index (χ3v) is 4.58. The lowest BCUT2D eigenvalue weighted by Crippen LogP contribution is -2.50. The molecule has 2 fully saturated rings. The van der Waals surface area contributed by atoms with Crippen molar-refractivity contribution in [1.82, 2.24) is 10.2 Å². The fraction of sp³-hybridized carbons (Fsp3) is 0.929. The predicted molar refractivity (Wildman–Crippen MR) is 69.8 cm³/mol. The summed E-state index contributed by atoms with van der Waals surface area (Å²) in [6, 6.07) is 1.01. The maximum absolute atomic E-state index is 12.5. The van der Waals surface area contributed by atoms with Crippen LogP contribution in [-0.2, 0) is 4.79 Å². The zero-order chi connectivity index (χ0) is 12.6. The van der Waals surface area contributed by atoms with Crippen LogP contribution < -0.4 is 5.32 Å². The first kappa shape index (κ1) is 12.9. The average molecular weight is 238 g/mol. The minimum atomic E-state index is 0.0667. The van der Waals surface area contributed by atoms with Crippen molar-refractivity contribution >= 4 is 5.91 Å². The van der Waals surface area contributed by atoms with Crippen molar-refractivity contribution < 1.29 is 4.79 Å². The molecular weight excluding hydrogens is 212 g/mol. The van der Waals surface area contributed by atoms with E-state index < -0.39 is 0 Å².